The van der Waals surface area contributed by atoms with Crippen LogP contribution in [0.15, 0.2) is 28.2 Å². The average molecular weight is 488 g/mol. The molecule has 1 aromatic rings. The zero-order valence-corrected chi connectivity index (χ0v) is 17.2. The summed E-state index contributed by atoms with van der Waals surface area (Å²) in [5.74, 6) is -0.297. The minimum atomic E-state index is -0.486. The van der Waals surface area contributed by atoms with Crippen LogP contribution in [0, 0.1) is 5.82 Å². The summed E-state index contributed by atoms with van der Waals surface area (Å²) in [7, 11) is 0. The summed E-state index contributed by atoms with van der Waals surface area (Å²) in [5.41, 5.74) is 6.25. The molecule has 1 atom stereocenters. The molecular weight excluding hydrogens is 464 g/mol. The first-order valence-electron chi connectivity index (χ1n) is 8.97. The van der Waals surface area contributed by atoms with Crippen molar-refractivity contribution in [3.63, 3.8) is 0 Å². The van der Waals surface area contributed by atoms with Crippen molar-refractivity contribution in [3.8, 4) is 0 Å². The summed E-state index contributed by atoms with van der Waals surface area (Å²) in [6, 6.07) is 4.98. The first-order valence-corrected chi connectivity index (χ1v) is 12.0. The molecule has 2 fully saturated rings. The van der Waals surface area contributed by atoms with Gasteiger partial charge in [-0.3, -0.25) is 4.99 Å². The number of carbonyl (C=O) groups is 1. The van der Waals surface area contributed by atoms with Crippen LogP contribution in [-0.2, 0) is 4.74 Å². The second-order valence-corrected chi connectivity index (χ2v) is 9.53. The van der Waals surface area contributed by atoms with Gasteiger partial charge in [0.1, 0.15) is 6.34 Å². The molecule has 0 bridgehead atoms. The van der Waals surface area contributed by atoms with E-state index in [1.54, 1.807) is 12.1 Å². The summed E-state index contributed by atoms with van der Waals surface area (Å²) in [6.45, 7) is 2.41. The van der Waals surface area contributed by atoms with Crippen molar-refractivity contribution >= 4 is 30.1 Å². The maximum absolute atomic E-state index is 14.8. The predicted octanol–water partition coefficient (Wildman–Crippen LogP) is -1.14. The molecule has 0 aliphatic carbocycles. The Morgan fingerprint density at radius 3 is 2.81 bits per heavy atom. The van der Waals surface area contributed by atoms with Crippen LogP contribution in [0.3, 0.4) is 0 Å². The molecule has 0 saturated carbocycles. The van der Waals surface area contributed by atoms with Gasteiger partial charge in [-0.25, -0.2) is 4.99 Å². The Hall–Kier alpha value is -1.91. The number of benzene rings is 1. The van der Waals surface area contributed by atoms with E-state index in [1.807, 2.05) is 0 Å². The number of nitrogens with two attached hydrogens (primary N) is 1. The van der Waals surface area contributed by atoms with E-state index in [1.165, 1.54) is 26.2 Å². The van der Waals surface area contributed by atoms with Crippen molar-refractivity contribution in [1.29, 1.82) is 0 Å². The number of halogens is 2. The number of alkyl halides is 2. The minimum absolute atomic E-state index is 0.288. The predicted molar refractivity (Wildman–Crippen MR) is 101 cm³/mol. The number of hydrogen-bond acceptors (Lipinski definition) is 4. The van der Waals surface area contributed by atoms with Gasteiger partial charge in [0, 0.05) is 0 Å². The number of cyclic esters (lactones) is 1. The zero-order valence-electron chi connectivity index (χ0n) is 15.1. The fourth-order valence-corrected chi connectivity index (χ4v) is 5.44. The van der Waals surface area contributed by atoms with Gasteiger partial charge in [-0.05, 0) is 0 Å². The molecule has 2 aliphatic rings. The van der Waals surface area contributed by atoms with E-state index >= 15 is 0 Å². The Balaban J connectivity index is 1.66. The molecule has 0 unspecified atom stereocenters. The monoisotopic (exact) mass is 488 g/mol. The van der Waals surface area contributed by atoms with Crippen molar-refractivity contribution in [2.75, 3.05) is 44.8 Å². The van der Waals surface area contributed by atoms with Crippen LogP contribution in [0.1, 0.15) is 12.8 Å². The van der Waals surface area contributed by atoms with E-state index in [0.29, 0.717) is 39.1 Å². The second kappa shape index (κ2) is 9.86. The summed E-state index contributed by atoms with van der Waals surface area (Å²) in [6.07, 6.45) is 3.83. The maximum atomic E-state index is 14.8. The molecule has 0 spiro atoms. The molecule has 3 rings (SSSR count). The number of ether oxygens (including phenoxy) is 1. The second-order valence-electron chi connectivity index (χ2n) is 6.29. The molecule has 2 saturated heterocycles. The summed E-state index contributed by atoms with van der Waals surface area (Å²) in [4.78, 5) is 23.4. The van der Waals surface area contributed by atoms with Gasteiger partial charge in [0.25, 0.3) is 0 Å². The Morgan fingerprint density at radius 1 is 1.33 bits per heavy atom. The molecule has 0 aromatic heterocycles. The van der Waals surface area contributed by atoms with Gasteiger partial charge in [0.15, 0.2) is 0 Å². The Kier molecular flexibility index (Phi) is 7.25. The molecule has 9 heteroatoms. The van der Waals surface area contributed by atoms with E-state index in [0.717, 1.165) is 32.3 Å². The summed E-state index contributed by atoms with van der Waals surface area (Å²) >= 11 is 0.341. The molecule has 7 nitrogen and oxygen atoms in total. The third-order valence-corrected chi connectivity index (χ3v) is 7.44. The van der Waals surface area contributed by atoms with Crippen LogP contribution < -0.4 is 36.7 Å². The van der Waals surface area contributed by atoms with Crippen molar-refractivity contribution in [2.45, 2.75) is 18.9 Å². The molecule has 2 N–H and O–H groups in total. The van der Waals surface area contributed by atoms with Crippen molar-refractivity contribution < 1.29 is 35.1 Å². The van der Waals surface area contributed by atoms with Crippen molar-refractivity contribution in [2.24, 2.45) is 15.7 Å². The average Bonchev–Trinajstić information content (AvgIpc) is 3.00. The number of hydrogen-bond donors (Lipinski definition) is 1. The van der Waals surface area contributed by atoms with E-state index in [9.17, 15) is 9.18 Å². The standard InChI is InChI=1S/C18H24FIN5O2/c19-16-9-14(3-4-17(16)24-7-1-5-20-6-2-8-24)25-11-15(27-18(25)26)10-22-13-23-12-21/h3-4,9,12-13,15H,1-2,5-8,10-11H2,(H2,21,22,23)/q-1/t15-/m0/s1. The SMILES string of the molecule is NC=NC=NC[C@H]1CN(c2ccc(N3CCC[I-]CCC3)c(F)c2)C(=O)O1. The molecular formula is C18H24FIN5O2-. The Labute approximate surface area is 168 Å². The van der Waals surface area contributed by atoms with Gasteiger partial charge in [-0.15, -0.1) is 0 Å². The van der Waals surface area contributed by atoms with Gasteiger partial charge >= 0.3 is 140 Å². The number of carbonyl (C=O) groups excluding carboxylic acids is 1. The fourth-order valence-electron chi connectivity index (χ4n) is 3.14. The van der Waals surface area contributed by atoms with E-state index in [2.05, 4.69) is 14.9 Å². The fraction of sp³-hybridized carbons (Fsp3) is 0.500. The van der Waals surface area contributed by atoms with E-state index in [4.69, 9.17) is 10.5 Å². The quantitative estimate of drug-likeness (QED) is 0.246. The van der Waals surface area contributed by atoms with E-state index in [-0.39, 0.29) is 18.5 Å². The van der Waals surface area contributed by atoms with Gasteiger partial charge in [0.05, 0.1) is 6.34 Å². The number of aliphatic imine (C=N–C) groups is 2. The number of rotatable bonds is 5. The van der Waals surface area contributed by atoms with Crippen LogP contribution in [0.25, 0.3) is 0 Å². The number of amides is 1. The Morgan fingerprint density at radius 2 is 2.11 bits per heavy atom. The molecule has 0 radical (unpaired) electrons. The molecule has 2 heterocycles. The summed E-state index contributed by atoms with van der Waals surface area (Å²) < 4.78 is 22.7. The van der Waals surface area contributed by atoms with Crippen LogP contribution in [0.4, 0.5) is 20.6 Å². The van der Waals surface area contributed by atoms with E-state index < -0.39 is 6.09 Å². The Bertz CT molecular complexity index is 707. The molecule has 1 aromatic carbocycles. The number of anilines is 2. The third kappa shape index (κ3) is 5.30. The van der Waals surface area contributed by atoms with Crippen LogP contribution in [0.2, 0.25) is 0 Å². The van der Waals surface area contributed by atoms with Crippen molar-refractivity contribution in [1.82, 2.24) is 0 Å². The van der Waals surface area contributed by atoms with Crippen LogP contribution >= 0.6 is 0 Å². The topological polar surface area (TPSA) is 83.5 Å². The zero-order chi connectivity index (χ0) is 19.1. The van der Waals surface area contributed by atoms with Crippen LogP contribution in [0.5, 0.6) is 0 Å². The molecule has 2 aliphatic heterocycles. The summed E-state index contributed by atoms with van der Waals surface area (Å²) in [5, 5.41) is 0. The molecule has 1 amide bonds. The van der Waals surface area contributed by atoms with Gasteiger partial charge in [-0.1, -0.05) is 0 Å². The van der Waals surface area contributed by atoms with Gasteiger partial charge in [-0.2, -0.15) is 0 Å². The third-order valence-electron chi connectivity index (χ3n) is 4.39. The van der Waals surface area contributed by atoms with Crippen LogP contribution in [-0.4, -0.2) is 59.9 Å². The molecule has 148 valence electrons. The molecule has 27 heavy (non-hydrogen) atoms. The first-order chi connectivity index (χ1) is 13.2. The van der Waals surface area contributed by atoms with Gasteiger partial charge < -0.3 is 5.73 Å². The first kappa shape index (κ1) is 19.8. The number of nitrogens with zero attached hydrogens (tertiary/aromatic N) is 4. The van der Waals surface area contributed by atoms with Gasteiger partial charge in [0.2, 0.25) is 0 Å². The van der Waals surface area contributed by atoms with Crippen molar-refractivity contribution in [3.05, 3.63) is 24.0 Å². The normalized spacial score (nSPS) is 22.0.